The van der Waals surface area contributed by atoms with Crippen LogP contribution in [0.1, 0.15) is 37.6 Å². The molecule has 0 saturated heterocycles. The minimum absolute atomic E-state index is 0.160. The molecule has 1 aromatic heterocycles. The van der Waals surface area contributed by atoms with Gasteiger partial charge in [-0.3, -0.25) is 4.90 Å². The summed E-state index contributed by atoms with van der Waals surface area (Å²) in [4.78, 5) is 3.70. The molecule has 3 N–H and O–H groups in total. The van der Waals surface area contributed by atoms with Gasteiger partial charge in [-0.1, -0.05) is 19.9 Å². The third kappa shape index (κ3) is 4.07. The second-order valence-corrected chi connectivity index (χ2v) is 5.22. The summed E-state index contributed by atoms with van der Waals surface area (Å²) in [5.41, 5.74) is 6.26. The molecule has 0 spiro atoms. The van der Waals surface area contributed by atoms with E-state index in [1.165, 1.54) is 4.88 Å². The molecule has 0 aliphatic carbocycles. The van der Waals surface area contributed by atoms with E-state index in [4.69, 9.17) is 10.8 Å². The smallest absolute Gasteiger partial charge is 0.0593 e. The molecule has 1 aromatic rings. The van der Waals surface area contributed by atoms with E-state index in [9.17, 15) is 0 Å². The van der Waals surface area contributed by atoms with Crippen molar-refractivity contribution in [2.75, 3.05) is 19.7 Å². The molecular formula is C13H24N2OS. The monoisotopic (exact) mass is 256 g/mol. The molecule has 0 saturated carbocycles. The average Bonchev–Trinajstić information content (AvgIpc) is 2.87. The zero-order chi connectivity index (χ0) is 12.7. The summed E-state index contributed by atoms with van der Waals surface area (Å²) in [5.74, 6) is 0. The standard InChI is InChI=1S/C13H24N2OS/c1-3-11(14)13(12-7-5-10-17-12)15(4-2)8-6-9-16/h5,7,10-11,13,16H,3-4,6,8-9,14H2,1-2H3. The summed E-state index contributed by atoms with van der Waals surface area (Å²) in [5, 5.41) is 11.1. The van der Waals surface area contributed by atoms with Crippen molar-refractivity contribution in [3.05, 3.63) is 22.4 Å². The highest BCUT2D eigenvalue weighted by atomic mass is 32.1. The molecule has 2 atom stereocenters. The number of hydrogen-bond acceptors (Lipinski definition) is 4. The van der Waals surface area contributed by atoms with E-state index in [-0.39, 0.29) is 18.7 Å². The van der Waals surface area contributed by atoms with Crippen LogP contribution in [0.15, 0.2) is 17.5 Å². The van der Waals surface area contributed by atoms with Gasteiger partial charge >= 0.3 is 0 Å². The van der Waals surface area contributed by atoms with Crippen molar-refractivity contribution in [1.82, 2.24) is 4.90 Å². The highest BCUT2D eigenvalue weighted by Crippen LogP contribution is 2.28. The van der Waals surface area contributed by atoms with E-state index in [2.05, 4.69) is 36.3 Å². The second-order valence-electron chi connectivity index (χ2n) is 4.24. The second kappa shape index (κ2) is 7.82. The van der Waals surface area contributed by atoms with Crippen LogP contribution in [0.2, 0.25) is 0 Å². The first kappa shape index (κ1) is 14.6. The predicted molar refractivity (Wildman–Crippen MR) is 74.3 cm³/mol. The number of nitrogens with zero attached hydrogens (tertiary/aromatic N) is 1. The van der Waals surface area contributed by atoms with Crippen molar-refractivity contribution < 1.29 is 5.11 Å². The lowest BCUT2D eigenvalue weighted by Crippen LogP contribution is -2.41. The van der Waals surface area contributed by atoms with Crippen molar-refractivity contribution >= 4 is 11.3 Å². The van der Waals surface area contributed by atoms with Gasteiger partial charge in [-0.15, -0.1) is 11.3 Å². The van der Waals surface area contributed by atoms with Crippen molar-refractivity contribution in [2.45, 2.75) is 38.8 Å². The normalized spacial score (nSPS) is 15.1. The fourth-order valence-electron chi connectivity index (χ4n) is 2.11. The first-order valence-corrected chi connectivity index (χ1v) is 7.26. The van der Waals surface area contributed by atoms with E-state index in [1.54, 1.807) is 11.3 Å². The van der Waals surface area contributed by atoms with Crippen LogP contribution in [0.3, 0.4) is 0 Å². The van der Waals surface area contributed by atoms with Gasteiger partial charge in [-0.05, 0) is 30.8 Å². The molecule has 0 amide bonds. The Kier molecular flexibility index (Phi) is 6.73. The molecule has 0 fully saturated rings. The highest BCUT2D eigenvalue weighted by Gasteiger charge is 2.25. The summed E-state index contributed by atoms with van der Waals surface area (Å²) < 4.78 is 0. The average molecular weight is 256 g/mol. The first-order chi connectivity index (χ1) is 8.24. The Hall–Kier alpha value is -0.420. The minimum Gasteiger partial charge on any atom is -0.396 e. The number of nitrogens with two attached hydrogens (primary N) is 1. The highest BCUT2D eigenvalue weighted by molar-refractivity contribution is 7.10. The van der Waals surface area contributed by atoms with Crippen LogP contribution in [0.5, 0.6) is 0 Å². The summed E-state index contributed by atoms with van der Waals surface area (Å²) in [6, 6.07) is 4.69. The SMILES string of the molecule is CCC(N)C(c1cccs1)N(CC)CCCO. The van der Waals surface area contributed by atoms with Crippen LogP contribution < -0.4 is 5.73 Å². The largest absolute Gasteiger partial charge is 0.396 e. The Labute approximate surface area is 108 Å². The van der Waals surface area contributed by atoms with Gasteiger partial charge in [0.2, 0.25) is 0 Å². The summed E-state index contributed by atoms with van der Waals surface area (Å²) in [6.45, 7) is 6.40. The minimum atomic E-state index is 0.160. The molecule has 1 rings (SSSR count). The van der Waals surface area contributed by atoms with Crippen LogP contribution in [-0.4, -0.2) is 35.7 Å². The van der Waals surface area contributed by atoms with Gasteiger partial charge in [0, 0.05) is 24.1 Å². The van der Waals surface area contributed by atoms with Crippen LogP contribution >= 0.6 is 11.3 Å². The fourth-order valence-corrected chi connectivity index (χ4v) is 3.05. The lowest BCUT2D eigenvalue weighted by molar-refractivity contribution is 0.162. The van der Waals surface area contributed by atoms with Crippen molar-refractivity contribution in [3.8, 4) is 0 Å². The van der Waals surface area contributed by atoms with E-state index in [1.807, 2.05) is 0 Å². The van der Waals surface area contributed by atoms with E-state index >= 15 is 0 Å². The molecule has 0 aromatic carbocycles. The predicted octanol–water partition coefficient (Wildman–Crippen LogP) is 2.23. The maximum absolute atomic E-state index is 8.96. The molecule has 17 heavy (non-hydrogen) atoms. The van der Waals surface area contributed by atoms with E-state index < -0.39 is 0 Å². The zero-order valence-electron chi connectivity index (χ0n) is 10.8. The molecule has 4 heteroatoms. The Morgan fingerprint density at radius 1 is 1.47 bits per heavy atom. The van der Waals surface area contributed by atoms with Crippen molar-refractivity contribution in [3.63, 3.8) is 0 Å². The van der Waals surface area contributed by atoms with Crippen LogP contribution in [0.4, 0.5) is 0 Å². The van der Waals surface area contributed by atoms with Gasteiger partial charge in [0.1, 0.15) is 0 Å². The van der Waals surface area contributed by atoms with Crippen molar-refractivity contribution in [1.29, 1.82) is 0 Å². The maximum atomic E-state index is 8.96. The third-order valence-corrected chi connectivity index (χ3v) is 4.06. The van der Waals surface area contributed by atoms with Crippen molar-refractivity contribution in [2.24, 2.45) is 5.73 Å². The van der Waals surface area contributed by atoms with Crippen LogP contribution in [0.25, 0.3) is 0 Å². The van der Waals surface area contributed by atoms with Crippen LogP contribution in [0, 0.1) is 0 Å². The van der Waals surface area contributed by atoms with E-state index in [0.29, 0.717) is 0 Å². The van der Waals surface area contributed by atoms with Gasteiger partial charge in [-0.25, -0.2) is 0 Å². The summed E-state index contributed by atoms with van der Waals surface area (Å²) >= 11 is 1.77. The Morgan fingerprint density at radius 2 is 2.24 bits per heavy atom. The Bertz CT molecular complexity index is 290. The molecule has 3 nitrogen and oxygen atoms in total. The number of aliphatic hydroxyl groups is 1. The first-order valence-electron chi connectivity index (χ1n) is 6.38. The number of hydrogen-bond donors (Lipinski definition) is 2. The fraction of sp³-hybridized carbons (Fsp3) is 0.692. The molecule has 1 heterocycles. The molecule has 0 bridgehead atoms. The van der Waals surface area contributed by atoms with Crippen LogP contribution in [-0.2, 0) is 0 Å². The number of aliphatic hydroxyl groups excluding tert-OH is 1. The number of thiophene rings is 1. The zero-order valence-corrected chi connectivity index (χ0v) is 11.6. The quantitative estimate of drug-likeness (QED) is 0.750. The number of likely N-dealkylation sites (N-methyl/N-ethyl adjacent to an activating group) is 1. The van der Waals surface area contributed by atoms with Gasteiger partial charge in [0.25, 0.3) is 0 Å². The summed E-state index contributed by atoms with van der Waals surface area (Å²) in [6.07, 6.45) is 1.78. The lowest BCUT2D eigenvalue weighted by atomic mass is 10.0. The Morgan fingerprint density at radius 3 is 2.71 bits per heavy atom. The Balaban J connectivity index is 2.80. The van der Waals surface area contributed by atoms with Gasteiger partial charge in [0.15, 0.2) is 0 Å². The topological polar surface area (TPSA) is 49.5 Å². The molecule has 0 aliphatic heterocycles. The molecular weight excluding hydrogens is 232 g/mol. The van der Waals surface area contributed by atoms with Gasteiger partial charge < -0.3 is 10.8 Å². The molecule has 98 valence electrons. The molecule has 0 radical (unpaired) electrons. The maximum Gasteiger partial charge on any atom is 0.0593 e. The van der Waals surface area contributed by atoms with Gasteiger partial charge in [-0.2, -0.15) is 0 Å². The molecule has 0 aliphatic rings. The van der Waals surface area contributed by atoms with Gasteiger partial charge in [0.05, 0.1) is 6.04 Å². The third-order valence-electron chi connectivity index (χ3n) is 3.11. The lowest BCUT2D eigenvalue weighted by Gasteiger charge is -2.33. The molecule has 2 unspecified atom stereocenters. The number of rotatable bonds is 8. The van der Waals surface area contributed by atoms with E-state index in [0.717, 1.165) is 25.9 Å². The summed E-state index contributed by atoms with van der Waals surface area (Å²) in [7, 11) is 0.